The van der Waals surface area contributed by atoms with Gasteiger partial charge in [-0.2, -0.15) is 0 Å². The lowest BCUT2D eigenvalue weighted by molar-refractivity contribution is 0.0627. The minimum absolute atomic E-state index is 0.0365. The molecule has 5 heteroatoms. The van der Waals surface area contributed by atoms with E-state index in [0.717, 1.165) is 32.2 Å². The molecule has 1 aliphatic heterocycles. The maximum Gasteiger partial charge on any atom is 0.254 e. The van der Waals surface area contributed by atoms with E-state index >= 15 is 0 Å². The summed E-state index contributed by atoms with van der Waals surface area (Å²) in [7, 11) is 0. The summed E-state index contributed by atoms with van der Waals surface area (Å²) in [5.74, 6) is 0.0365. The van der Waals surface area contributed by atoms with Gasteiger partial charge in [0.1, 0.15) is 0 Å². The van der Waals surface area contributed by atoms with Crippen LogP contribution < -0.4 is 11.5 Å². The monoisotopic (exact) mass is 260 g/mol. The third-order valence-electron chi connectivity index (χ3n) is 3.89. The number of rotatable bonds is 2. The standard InChI is InChI=1S/C14H20N4O/c15-11-7-10(8-12(16)9-11)14(19)18-5-3-17(4-6-18)13-1-2-13/h7-9,13H,1-6,15-16H2. The van der Waals surface area contributed by atoms with Crippen molar-refractivity contribution in [2.45, 2.75) is 18.9 Å². The molecule has 1 aromatic rings. The van der Waals surface area contributed by atoms with Gasteiger partial charge in [0, 0.05) is 49.2 Å². The zero-order valence-electron chi connectivity index (χ0n) is 11.0. The summed E-state index contributed by atoms with van der Waals surface area (Å²) in [6.07, 6.45) is 2.64. The molecule has 0 bridgehead atoms. The van der Waals surface area contributed by atoms with Crippen molar-refractivity contribution in [3.63, 3.8) is 0 Å². The summed E-state index contributed by atoms with van der Waals surface area (Å²) in [5, 5.41) is 0. The molecule has 1 amide bonds. The van der Waals surface area contributed by atoms with Crippen molar-refractivity contribution in [2.24, 2.45) is 0 Å². The molecule has 3 rings (SSSR count). The van der Waals surface area contributed by atoms with E-state index < -0.39 is 0 Å². The van der Waals surface area contributed by atoms with Gasteiger partial charge in [-0.25, -0.2) is 0 Å². The third-order valence-corrected chi connectivity index (χ3v) is 3.89. The van der Waals surface area contributed by atoms with Gasteiger partial charge in [0.15, 0.2) is 0 Å². The zero-order chi connectivity index (χ0) is 13.4. The zero-order valence-corrected chi connectivity index (χ0v) is 11.0. The Morgan fingerprint density at radius 1 is 1.00 bits per heavy atom. The lowest BCUT2D eigenvalue weighted by atomic mass is 10.1. The highest BCUT2D eigenvalue weighted by Gasteiger charge is 2.32. The lowest BCUT2D eigenvalue weighted by Crippen LogP contribution is -2.49. The molecule has 5 nitrogen and oxygen atoms in total. The number of hydrogen-bond acceptors (Lipinski definition) is 4. The van der Waals surface area contributed by atoms with Gasteiger partial charge in [0.25, 0.3) is 5.91 Å². The molecule has 1 heterocycles. The molecule has 0 aromatic heterocycles. The second-order valence-electron chi connectivity index (χ2n) is 5.45. The van der Waals surface area contributed by atoms with Gasteiger partial charge in [0.2, 0.25) is 0 Å². The van der Waals surface area contributed by atoms with E-state index in [2.05, 4.69) is 4.90 Å². The lowest BCUT2D eigenvalue weighted by Gasteiger charge is -2.34. The van der Waals surface area contributed by atoms with E-state index in [-0.39, 0.29) is 5.91 Å². The Hall–Kier alpha value is -1.75. The van der Waals surface area contributed by atoms with Gasteiger partial charge in [-0.05, 0) is 31.0 Å². The molecule has 19 heavy (non-hydrogen) atoms. The van der Waals surface area contributed by atoms with Crippen LogP contribution in [0.3, 0.4) is 0 Å². The summed E-state index contributed by atoms with van der Waals surface area (Å²) in [4.78, 5) is 16.8. The highest BCUT2D eigenvalue weighted by atomic mass is 16.2. The van der Waals surface area contributed by atoms with Crippen LogP contribution in [0.1, 0.15) is 23.2 Å². The fourth-order valence-corrected chi connectivity index (χ4v) is 2.71. The third kappa shape index (κ3) is 2.66. The Labute approximate surface area is 113 Å². The average molecular weight is 260 g/mol. The van der Waals surface area contributed by atoms with Crippen molar-refractivity contribution in [2.75, 3.05) is 37.6 Å². The number of nitrogens with zero attached hydrogens (tertiary/aromatic N) is 2. The molecule has 0 radical (unpaired) electrons. The Morgan fingerprint density at radius 3 is 2.11 bits per heavy atom. The Morgan fingerprint density at radius 2 is 1.58 bits per heavy atom. The Bertz CT molecular complexity index is 470. The molecule has 2 aliphatic rings. The van der Waals surface area contributed by atoms with Crippen LogP contribution in [0.2, 0.25) is 0 Å². The first kappa shape index (κ1) is 12.3. The fourth-order valence-electron chi connectivity index (χ4n) is 2.71. The first-order valence-electron chi connectivity index (χ1n) is 6.83. The van der Waals surface area contributed by atoms with E-state index in [1.165, 1.54) is 12.8 Å². The predicted octanol–water partition coefficient (Wildman–Crippen LogP) is 0.771. The second kappa shape index (κ2) is 4.74. The smallest absolute Gasteiger partial charge is 0.254 e. The summed E-state index contributed by atoms with van der Waals surface area (Å²) in [6.45, 7) is 3.55. The molecule has 0 unspecified atom stereocenters. The second-order valence-corrected chi connectivity index (χ2v) is 5.45. The topological polar surface area (TPSA) is 75.6 Å². The number of carbonyl (C=O) groups is 1. The van der Waals surface area contributed by atoms with Crippen LogP contribution in [0.25, 0.3) is 0 Å². The van der Waals surface area contributed by atoms with E-state index in [0.29, 0.717) is 16.9 Å². The molecule has 4 N–H and O–H groups in total. The van der Waals surface area contributed by atoms with Crippen LogP contribution in [0.15, 0.2) is 18.2 Å². The highest BCUT2D eigenvalue weighted by Crippen LogP contribution is 2.27. The van der Waals surface area contributed by atoms with Crippen molar-refractivity contribution in [3.05, 3.63) is 23.8 Å². The van der Waals surface area contributed by atoms with Gasteiger partial charge < -0.3 is 16.4 Å². The SMILES string of the molecule is Nc1cc(N)cc(C(=O)N2CCN(C3CC3)CC2)c1. The molecule has 1 aliphatic carbocycles. The number of anilines is 2. The number of nitrogen functional groups attached to an aromatic ring is 2. The fraction of sp³-hybridized carbons (Fsp3) is 0.500. The number of piperazine rings is 1. The Kier molecular flexibility index (Phi) is 3.06. The number of benzene rings is 1. The molecule has 0 atom stereocenters. The minimum atomic E-state index is 0.0365. The van der Waals surface area contributed by atoms with Crippen molar-refractivity contribution < 1.29 is 4.79 Å². The minimum Gasteiger partial charge on any atom is -0.399 e. The van der Waals surface area contributed by atoms with Crippen molar-refractivity contribution in [1.82, 2.24) is 9.80 Å². The van der Waals surface area contributed by atoms with Crippen LogP contribution in [-0.2, 0) is 0 Å². The summed E-state index contributed by atoms with van der Waals surface area (Å²) >= 11 is 0. The first-order valence-corrected chi connectivity index (χ1v) is 6.83. The van der Waals surface area contributed by atoms with Gasteiger partial charge in [-0.3, -0.25) is 9.69 Å². The van der Waals surface area contributed by atoms with Crippen LogP contribution in [0.4, 0.5) is 11.4 Å². The summed E-state index contributed by atoms with van der Waals surface area (Å²) < 4.78 is 0. The number of amides is 1. The van der Waals surface area contributed by atoms with Crippen LogP contribution in [0.5, 0.6) is 0 Å². The van der Waals surface area contributed by atoms with Gasteiger partial charge >= 0.3 is 0 Å². The van der Waals surface area contributed by atoms with Crippen molar-refractivity contribution >= 4 is 17.3 Å². The van der Waals surface area contributed by atoms with Gasteiger partial charge in [-0.15, -0.1) is 0 Å². The molecule has 1 saturated carbocycles. The molecule has 0 spiro atoms. The quantitative estimate of drug-likeness (QED) is 0.770. The predicted molar refractivity (Wildman–Crippen MR) is 75.8 cm³/mol. The molecule has 1 aromatic carbocycles. The molecule has 1 saturated heterocycles. The normalized spacial score (nSPS) is 20.5. The molecular formula is C14H20N4O. The highest BCUT2D eigenvalue weighted by molar-refractivity contribution is 5.96. The van der Waals surface area contributed by atoms with Crippen LogP contribution in [0, 0.1) is 0 Å². The van der Waals surface area contributed by atoms with Gasteiger partial charge in [0.05, 0.1) is 0 Å². The van der Waals surface area contributed by atoms with Gasteiger partial charge in [-0.1, -0.05) is 0 Å². The van der Waals surface area contributed by atoms with Crippen LogP contribution in [-0.4, -0.2) is 47.9 Å². The maximum atomic E-state index is 12.4. The molecular weight excluding hydrogens is 240 g/mol. The average Bonchev–Trinajstić information content (AvgIpc) is 3.21. The Balaban J connectivity index is 1.67. The van der Waals surface area contributed by atoms with E-state index in [4.69, 9.17) is 11.5 Å². The van der Waals surface area contributed by atoms with E-state index in [1.54, 1.807) is 18.2 Å². The summed E-state index contributed by atoms with van der Waals surface area (Å²) in [6, 6.07) is 5.85. The van der Waals surface area contributed by atoms with Crippen LogP contribution >= 0.6 is 0 Å². The van der Waals surface area contributed by atoms with E-state index in [9.17, 15) is 4.79 Å². The number of hydrogen-bond donors (Lipinski definition) is 2. The maximum absolute atomic E-state index is 12.4. The largest absolute Gasteiger partial charge is 0.399 e. The van der Waals surface area contributed by atoms with Crippen molar-refractivity contribution in [3.8, 4) is 0 Å². The van der Waals surface area contributed by atoms with E-state index in [1.807, 2.05) is 4.90 Å². The molecule has 102 valence electrons. The summed E-state index contributed by atoms with van der Waals surface area (Å²) in [5.41, 5.74) is 13.2. The number of nitrogens with two attached hydrogens (primary N) is 2. The molecule has 2 fully saturated rings. The number of carbonyl (C=O) groups excluding carboxylic acids is 1. The first-order chi connectivity index (χ1) is 9.13. The van der Waals surface area contributed by atoms with Crippen molar-refractivity contribution in [1.29, 1.82) is 0 Å².